The molecule has 0 aliphatic heterocycles. The number of aryl methyl sites for hydroxylation is 3. The van der Waals surface area contributed by atoms with Gasteiger partial charge in [-0.15, -0.1) is 15.3 Å². The van der Waals surface area contributed by atoms with Gasteiger partial charge in [0, 0.05) is 87.4 Å². The number of amides is 1. The van der Waals surface area contributed by atoms with Crippen LogP contribution in [0.25, 0.3) is 34.8 Å². The standard InChI is InChI=1S/C10H10ClN3O3.C10H11N3O4.C10H11N3O3.C10H13NO3.C8H11N3O2.C6H4ClNO2.Cl3OP.H4N2/c1-3-16-6-4-7(12-8(11)5-6)9-13-14(2)10(15)17-9;1-3-16-7-4-5-13(15)8(6-7)9-11-12(2)10(14)17-9;1-3-15-7-4-5-11-8(6-7)9-12-13(2)10(14)16-9;1-3-13-8-5-6-11-9(7-8)10(12)14-4-2;1-2-13-6-3-4-10-7(5-6)8(12)11-9;7-4-1-2-8-5(3-4)6(9)10;1-5(2,3)4;1-2/h4-5H,3H2,1-2H3;4-6H,3H2,1-2H3;4-6H,3H2,1-2H3;5-7H,3-4H2,1-2H3;3-5H,2,9H2,1H3,(H,11,12);1-3H,(H,9,10);;1-2H2. The maximum Gasteiger partial charge on any atom is 0.437 e. The lowest BCUT2D eigenvalue weighted by molar-refractivity contribution is -0.594. The monoisotopic (exact) mass is 1430 g/mol. The lowest BCUT2D eigenvalue weighted by Crippen LogP contribution is -2.30. The van der Waals surface area contributed by atoms with Gasteiger partial charge >= 0.3 is 40.3 Å². The molecule has 9 aromatic rings. The van der Waals surface area contributed by atoms with E-state index in [1.165, 1.54) is 76.3 Å². The van der Waals surface area contributed by atoms with Crippen LogP contribution < -0.4 is 68.6 Å². The van der Waals surface area contributed by atoms with Crippen molar-refractivity contribution in [3.63, 3.8) is 0 Å². The number of aromatic carboxylic acids is 1. The number of carboxylic acids is 1. The minimum Gasteiger partial charge on any atom is -0.618 e. The number of ether oxygens (including phenoxy) is 6. The van der Waals surface area contributed by atoms with Gasteiger partial charge < -0.3 is 52.0 Å². The number of carbonyl (C=O) groups excluding carboxylic acids is 2. The van der Waals surface area contributed by atoms with Gasteiger partial charge in [-0.1, -0.05) is 23.2 Å². The lowest BCUT2D eigenvalue weighted by Gasteiger charge is -2.04. The van der Waals surface area contributed by atoms with Gasteiger partial charge in [0.2, 0.25) is 0 Å². The molecule has 0 bridgehead atoms. The third-order valence-corrected chi connectivity index (χ3v) is 10.4. The molecule has 508 valence electrons. The number of nitrogens with zero attached hydrogens (tertiary/aromatic N) is 12. The fourth-order valence-corrected chi connectivity index (χ4v) is 6.58. The van der Waals surface area contributed by atoms with Crippen LogP contribution in [0.15, 0.2) is 131 Å². The molecule has 0 atom stereocenters. The van der Waals surface area contributed by atoms with E-state index in [-0.39, 0.29) is 45.6 Å². The molecule has 0 saturated heterocycles. The average molecular weight is 1430 g/mol. The van der Waals surface area contributed by atoms with E-state index in [4.69, 9.17) is 75.8 Å². The lowest BCUT2D eigenvalue weighted by atomic mass is 10.3. The molecule has 0 aromatic carbocycles. The number of nitrogens with two attached hydrogens (primary N) is 3. The number of carbonyl (C=O) groups is 3. The molecule has 0 radical (unpaired) electrons. The fraction of sp³-hybridized carbons (Fsp3) is 0.278. The summed E-state index contributed by atoms with van der Waals surface area (Å²) in [6, 6.07) is 18.9. The van der Waals surface area contributed by atoms with Crippen molar-refractivity contribution < 1.29 is 70.5 Å². The van der Waals surface area contributed by atoms with Gasteiger partial charge in [0.25, 0.3) is 23.4 Å². The van der Waals surface area contributed by atoms with Crippen molar-refractivity contribution in [3.05, 3.63) is 168 Å². The minimum absolute atomic E-state index is 0.0333. The SMILES string of the molecule is CCOC(=O)c1cc(OCC)ccn1.CCOc1cc(Cl)nc(-c2nn(C)c(=O)o2)c1.CCOc1cc[n+]([O-])c(-c2nn(C)c(=O)o2)c1.CCOc1ccnc(-c2nn(C)c(=O)o2)c1.CCOc1ccnc(C(=O)NN)c1.NN.O=C(O)c1cc(Cl)ccn1.O=P(Cl)(Cl)Cl. The normalized spacial score (nSPS) is 9.97. The van der Waals surface area contributed by atoms with Gasteiger partial charge in [0.05, 0.1) is 45.7 Å². The Morgan fingerprint density at radius 2 is 0.979 bits per heavy atom. The summed E-state index contributed by atoms with van der Waals surface area (Å²) in [6.07, 6.45) is 7.22. The van der Waals surface area contributed by atoms with Crippen LogP contribution in [0, 0.1) is 5.21 Å². The molecular formula is C54H64Cl5N16O18P. The predicted octanol–water partition coefficient (Wildman–Crippen LogP) is 7.20. The van der Waals surface area contributed by atoms with E-state index < -0.39 is 40.3 Å². The molecule has 40 heteroatoms. The van der Waals surface area contributed by atoms with E-state index >= 15 is 0 Å². The van der Waals surface area contributed by atoms with Crippen LogP contribution in [-0.4, -0.2) is 117 Å². The molecule has 0 aliphatic carbocycles. The van der Waals surface area contributed by atoms with Gasteiger partial charge in [-0.3, -0.25) is 36.4 Å². The molecule has 34 nitrogen and oxygen atoms in total. The van der Waals surface area contributed by atoms with Crippen molar-refractivity contribution in [2.45, 2.75) is 41.5 Å². The number of rotatable bonds is 17. The van der Waals surface area contributed by atoms with Crippen molar-refractivity contribution in [1.29, 1.82) is 0 Å². The Balaban J connectivity index is 0.000000379. The van der Waals surface area contributed by atoms with E-state index in [9.17, 15) is 38.5 Å². The summed E-state index contributed by atoms with van der Waals surface area (Å²) in [5.74, 6) is 12.6. The van der Waals surface area contributed by atoms with Crippen molar-refractivity contribution in [3.8, 4) is 63.5 Å². The Morgan fingerprint density at radius 3 is 1.41 bits per heavy atom. The molecule has 0 spiro atoms. The third kappa shape index (κ3) is 29.8. The maximum absolute atomic E-state index is 11.5. The van der Waals surface area contributed by atoms with Crippen LogP contribution in [0.3, 0.4) is 0 Å². The second-order valence-corrected chi connectivity index (χ2v) is 24.0. The molecule has 94 heavy (non-hydrogen) atoms. The number of hydrogen-bond donors (Lipinski definition) is 5. The molecule has 0 saturated carbocycles. The summed E-state index contributed by atoms with van der Waals surface area (Å²) in [5.41, 5.74) is 3.45. The fourth-order valence-electron chi connectivity index (χ4n) is 6.22. The molecule has 9 rings (SSSR count). The van der Waals surface area contributed by atoms with Crippen LogP contribution in [0.5, 0.6) is 28.7 Å². The second-order valence-electron chi connectivity index (χ2n) is 16.5. The van der Waals surface area contributed by atoms with Gasteiger partial charge in [0.15, 0.2) is 11.9 Å². The number of hydrogen-bond acceptors (Lipinski definition) is 28. The second kappa shape index (κ2) is 42.6. The van der Waals surface area contributed by atoms with E-state index in [0.717, 1.165) is 14.0 Å². The zero-order chi connectivity index (χ0) is 70.5. The number of pyridine rings is 6. The van der Waals surface area contributed by atoms with Crippen LogP contribution in [0.2, 0.25) is 10.2 Å². The van der Waals surface area contributed by atoms with E-state index in [1.54, 1.807) is 55.6 Å². The summed E-state index contributed by atoms with van der Waals surface area (Å²) in [6.45, 7) is 14.1. The number of esters is 1. The van der Waals surface area contributed by atoms with Crippen LogP contribution in [-0.2, 0) is 30.4 Å². The molecule has 1 amide bonds. The zero-order valence-corrected chi connectivity index (χ0v) is 56.1. The first kappa shape index (κ1) is 80.6. The molecule has 9 heterocycles. The van der Waals surface area contributed by atoms with E-state index in [0.29, 0.717) is 89.5 Å². The average Bonchev–Trinajstić information content (AvgIpc) is 1.67. The Labute approximate surface area is 558 Å². The topological polar surface area (TPSA) is 469 Å². The number of aromatic nitrogens is 12. The highest BCUT2D eigenvalue weighted by Gasteiger charge is 2.19. The van der Waals surface area contributed by atoms with E-state index in [1.807, 2.05) is 40.0 Å². The van der Waals surface area contributed by atoms with E-state index in [2.05, 4.69) is 85.6 Å². The Hall–Kier alpha value is -9.51. The molecule has 0 fully saturated rings. The minimum atomic E-state index is -3.22. The Bertz CT molecular complexity index is 4050. The summed E-state index contributed by atoms with van der Waals surface area (Å²) in [4.78, 5) is 85.2. The molecular weight excluding hydrogens is 1370 g/mol. The maximum atomic E-state index is 11.5. The van der Waals surface area contributed by atoms with Crippen molar-refractivity contribution in [2.75, 3.05) is 39.6 Å². The number of nitrogens with one attached hydrogen (secondary N) is 1. The smallest absolute Gasteiger partial charge is 0.437 e. The van der Waals surface area contributed by atoms with Gasteiger partial charge in [-0.05, 0) is 106 Å². The molecule has 0 unspecified atom stereocenters. The van der Waals surface area contributed by atoms with Gasteiger partial charge in [-0.25, -0.2) is 44.8 Å². The summed E-state index contributed by atoms with van der Waals surface area (Å²) >= 11 is 25.2. The first-order valence-corrected chi connectivity index (χ1v) is 32.0. The first-order chi connectivity index (χ1) is 44.7. The largest absolute Gasteiger partial charge is 0.618 e. The van der Waals surface area contributed by atoms with Crippen molar-refractivity contribution in [2.24, 2.45) is 38.7 Å². The molecule has 8 N–H and O–H groups in total. The Kier molecular flexibility index (Phi) is 36.5. The van der Waals surface area contributed by atoms with Crippen molar-refractivity contribution in [1.82, 2.24) is 59.7 Å². The summed E-state index contributed by atoms with van der Waals surface area (Å²) in [5, 5.41) is 28.9. The quantitative estimate of drug-likeness (QED) is 0.00879. The number of nitrogen functional groups attached to an aromatic ring is 1. The molecule has 9 aromatic heterocycles. The number of halogens is 5. The molecule has 0 aliphatic rings. The zero-order valence-electron chi connectivity index (χ0n) is 51.4. The number of hydrazine groups is 2. The van der Waals surface area contributed by atoms with Gasteiger partial charge in [0.1, 0.15) is 56.7 Å². The Morgan fingerprint density at radius 1 is 0.574 bits per heavy atom. The third-order valence-electron chi connectivity index (χ3n) is 9.92. The van der Waals surface area contributed by atoms with Crippen LogP contribution >= 0.6 is 62.1 Å². The highest BCUT2D eigenvalue weighted by Crippen LogP contribution is 2.61. The highest BCUT2D eigenvalue weighted by atomic mass is 36.0. The predicted molar refractivity (Wildman–Crippen MR) is 343 cm³/mol. The van der Waals surface area contributed by atoms with Crippen LogP contribution in [0.4, 0.5) is 0 Å². The summed E-state index contributed by atoms with van der Waals surface area (Å²) < 4.78 is 59.0. The number of carboxylic acid groups (broad SMARTS) is 1. The first-order valence-electron chi connectivity index (χ1n) is 26.8. The summed E-state index contributed by atoms with van der Waals surface area (Å²) in [7, 11) is 4.45. The highest BCUT2D eigenvalue weighted by molar-refractivity contribution is 8.24. The van der Waals surface area contributed by atoms with Gasteiger partial charge in [-0.2, -0.15) is 18.8 Å². The van der Waals surface area contributed by atoms with Crippen LogP contribution in [0.1, 0.15) is 73.0 Å². The van der Waals surface area contributed by atoms with Crippen molar-refractivity contribution >= 4 is 80.0 Å².